The quantitative estimate of drug-likeness (QED) is 0.364. The van der Waals surface area contributed by atoms with Gasteiger partial charge in [-0.1, -0.05) is 33.1 Å². The lowest BCUT2D eigenvalue weighted by molar-refractivity contribution is 0.112. The topological polar surface area (TPSA) is 79.5 Å². The second kappa shape index (κ2) is 13.7. The van der Waals surface area contributed by atoms with Crippen molar-refractivity contribution in [3.63, 3.8) is 0 Å². The number of fused-ring (bicyclic) bond motifs is 2. The third-order valence-electron chi connectivity index (χ3n) is 5.91. The largest absolute Gasteiger partial charge is 0.387 e. The van der Waals surface area contributed by atoms with Gasteiger partial charge in [-0.2, -0.15) is 5.10 Å². The van der Waals surface area contributed by atoms with Crippen molar-refractivity contribution in [2.24, 2.45) is 0 Å². The highest BCUT2D eigenvalue weighted by molar-refractivity contribution is 6.01. The second-order valence-corrected chi connectivity index (χ2v) is 8.78. The molecule has 2 N–H and O–H groups in total. The number of pyridine rings is 1. The van der Waals surface area contributed by atoms with Crippen molar-refractivity contribution >= 4 is 34.2 Å². The Morgan fingerprint density at radius 1 is 1.11 bits per heavy atom. The fourth-order valence-corrected chi connectivity index (χ4v) is 3.91. The van der Waals surface area contributed by atoms with Crippen molar-refractivity contribution in [2.45, 2.75) is 53.5 Å². The molecule has 200 valence electrons. The molecule has 0 radical (unpaired) electrons. The van der Waals surface area contributed by atoms with Crippen LogP contribution < -0.4 is 15.5 Å². The predicted octanol–water partition coefficient (Wildman–Crippen LogP) is 5.30. The Labute approximate surface area is 218 Å². The van der Waals surface area contributed by atoms with E-state index in [1.807, 2.05) is 43.8 Å². The third kappa shape index (κ3) is 7.29. The molecule has 8 nitrogen and oxygen atoms in total. The van der Waals surface area contributed by atoms with Crippen LogP contribution in [0.25, 0.3) is 16.6 Å². The van der Waals surface area contributed by atoms with Gasteiger partial charge in [0.05, 0.1) is 11.4 Å². The number of benzene rings is 1. The minimum atomic E-state index is -0.306. The molecule has 6 rings (SSSR count). The van der Waals surface area contributed by atoms with Gasteiger partial charge in [-0.25, -0.2) is 9.37 Å². The molecular weight excluding hydrogens is 469 g/mol. The predicted molar refractivity (Wildman–Crippen MR) is 151 cm³/mol. The number of imidazole rings is 1. The number of piperazine rings is 1. The summed E-state index contributed by atoms with van der Waals surface area (Å²) in [5, 5.41) is 11.8. The lowest BCUT2D eigenvalue weighted by Gasteiger charge is -2.30. The summed E-state index contributed by atoms with van der Waals surface area (Å²) in [5.41, 5.74) is 4.59. The molecule has 4 aromatic rings. The standard InChI is InChI=1S/C14H18N4O.C9H10FN3.C3H6.C2H6/c1-2-18-9-12-13(17-7-5-15-6-8-17)4-3-11(10-19)14(12)16-18;1-6-4-13-5-7(11-2)3-8(10)9(13)12-6;1-2-3-1;1-2/h3-4,9-10,15H,2,5-8H2,1H3;3-5,11H,1-2H3;1-3H2;1-2H3. The van der Waals surface area contributed by atoms with Crippen LogP contribution in [0, 0.1) is 12.7 Å². The van der Waals surface area contributed by atoms with Crippen molar-refractivity contribution in [1.29, 1.82) is 0 Å². The fraction of sp³-hybridized carbons (Fsp3) is 0.464. The van der Waals surface area contributed by atoms with E-state index in [0.29, 0.717) is 11.2 Å². The summed E-state index contributed by atoms with van der Waals surface area (Å²) in [5.74, 6) is -0.306. The van der Waals surface area contributed by atoms with E-state index in [1.54, 1.807) is 23.8 Å². The molecule has 1 aliphatic heterocycles. The van der Waals surface area contributed by atoms with E-state index in [9.17, 15) is 9.18 Å². The first kappa shape index (κ1) is 28.1. The molecule has 0 amide bonds. The normalized spacial score (nSPS) is 14.1. The van der Waals surface area contributed by atoms with Gasteiger partial charge in [-0.15, -0.1) is 0 Å². The maximum absolute atomic E-state index is 13.3. The summed E-state index contributed by atoms with van der Waals surface area (Å²) in [6, 6.07) is 5.35. The Bertz CT molecular complexity index is 1290. The van der Waals surface area contributed by atoms with Crippen molar-refractivity contribution < 1.29 is 9.18 Å². The highest BCUT2D eigenvalue weighted by Gasteiger charge is 2.16. The second-order valence-electron chi connectivity index (χ2n) is 8.78. The Kier molecular flexibility index (Phi) is 10.4. The molecule has 1 saturated heterocycles. The SMILES string of the molecule is C1CC1.CC.CCn1cc2c(N3CCNCC3)ccc(C=O)c2n1.CNc1cc(F)c2nc(C)cn2c1. The first-order chi connectivity index (χ1) is 18.0. The van der Waals surface area contributed by atoms with Crippen LogP contribution in [0.1, 0.15) is 56.1 Å². The summed E-state index contributed by atoms with van der Waals surface area (Å²) in [6.45, 7) is 12.7. The number of halogens is 1. The number of aromatic nitrogens is 4. The molecular formula is C28H40FN7O. The number of carbonyl (C=O) groups is 1. The first-order valence-electron chi connectivity index (χ1n) is 13.3. The van der Waals surface area contributed by atoms with Crippen LogP contribution in [0.5, 0.6) is 0 Å². The van der Waals surface area contributed by atoms with Gasteiger partial charge >= 0.3 is 0 Å². The summed E-state index contributed by atoms with van der Waals surface area (Å²) in [4.78, 5) is 17.5. The molecule has 0 atom stereocenters. The van der Waals surface area contributed by atoms with E-state index in [-0.39, 0.29) is 5.82 Å². The molecule has 1 aliphatic carbocycles. The highest BCUT2D eigenvalue weighted by Crippen LogP contribution is 2.28. The maximum atomic E-state index is 13.3. The zero-order valence-electron chi connectivity index (χ0n) is 22.7. The molecule has 1 saturated carbocycles. The molecule has 9 heteroatoms. The number of rotatable bonds is 4. The Hall–Kier alpha value is -3.46. The Balaban J connectivity index is 0.000000182. The van der Waals surface area contributed by atoms with Crippen LogP contribution in [-0.4, -0.2) is 58.7 Å². The van der Waals surface area contributed by atoms with Crippen LogP contribution in [0.4, 0.5) is 15.8 Å². The molecule has 3 aromatic heterocycles. The van der Waals surface area contributed by atoms with Crippen LogP contribution >= 0.6 is 0 Å². The van der Waals surface area contributed by atoms with Gasteiger partial charge < -0.3 is 19.9 Å². The molecule has 0 bridgehead atoms. The minimum absolute atomic E-state index is 0.306. The summed E-state index contributed by atoms with van der Waals surface area (Å²) >= 11 is 0. The average molecular weight is 510 g/mol. The number of hydrogen-bond donors (Lipinski definition) is 2. The zero-order valence-corrected chi connectivity index (χ0v) is 22.7. The summed E-state index contributed by atoms with van der Waals surface area (Å²) in [6.07, 6.45) is 11.0. The van der Waals surface area contributed by atoms with Crippen molar-refractivity contribution in [1.82, 2.24) is 24.5 Å². The van der Waals surface area contributed by atoms with Gasteiger partial charge in [0.2, 0.25) is 0 Å². The molecule has 2 fully saturated rings. The molecule has 4 heterocycles. The number of aryl methyl sites for hydroxylation is 2. The van der Waals surface area contributed by atoms with Gasteiger partial charge in [0.25, 0.3) is 0 Å². The minimum Gasteiger partial charge on any atom is -0.387 e. The number of aldehydes is 1. The van der Waals surface area contributed by atoms with E-state index in [4.69, 9.17) is 0 Å². The van der Waals surface area contributed by atoms with Gasteiger partial charge in [0, 0.05) is 81.1 Å². The van der Waals surface area contributed by atoms with E-state index in [1.165, 1.54) is 31.0 Å². The van der Waals surface area contributed by atoms with Gasteiger partial charge in [-0.3, -0.25) is 9.48 Å². The molecule has 2 aliphatic rings. The number of carbonyl (C=O) groups excluding carboxylic acids is 1. The van der Waals surface area contributed by atoms with Crippen molar-refractivity contribution in [3.8, 4) is 0 Å². The molecule has 37 heavy (non-hydrogen) atoms. The molecule has 0 unspecified atom stereocenters. The first-order valence-corrected chi connectivity index (χ1v) is 13.3. The van der Waals surface area contributed by atoms with Gasteiger partial charge in [-0.05, 0) is 26.0 Å². The van der Waals surface area contributed by atoms with E-state index in [2.05, 4.69) is 32.5 Å². The number of nitrogens with zero attached hydrogens (tertiary/aromatic N) is 5. The Morgan fingerprint density at radius 3 is 2.41 bits per heavy atom. The number of nitrogens with one attached hydrogen (secondary N) is 2. The highest BCUT2D eigenvalue weighted by atomic mass is 19.1. The van der Waals surface area contributed by atoms with E-state index >= 15 is 0 Å². The fourth-order valence-electron chi connectivity index (χ4n) is 3.91. The van der Waals surface area contributed by atoms with Crippen LogP contribution in [-0.2, 0) is 6.54 Å². The monoisotopic (exact) mass is 509 g/mol. The third-order valence-corrected chi connectivity index (χ3v) is 5.91. The zero-order chi connectivity index (χ0) is 26.8. The maximum Gasteiger partial charge on any atom is 0.173 e. The lowest BCUT2D eigenvalue weighted by atomic mass is 10.1. The summed E-state index contributed by atoms with van der Waals surface area (Å²) in [7, 11) is 1.75. The van der Waals surface area contributed by atoms with Crippen molar-refractivity contribution in [2.75, 3.05) is 43.4 Å². The van der Waals surface area contributed by atoms with E-state index < -0.39 is 0 Å². The summed E-state index contributed by atoms with van der Waals surface area (Å²) < 4.78 is 16.9. The lowest BCUT2D eigenvalue weighted by Crippen LogP contribution is -2.43. The molecule has 0 spiro atoms. The molecule has 1 aromatic carbocycles. The van der Waals surface area contributed by atoms with Crippen LogP contribution in [0.2, 0.25) is 0 Å². The number of anilines is 2. The van der Waals surface area contributed by atoms with Crippen molar-refractivity contribution in [3.05, 3.63) is 53.9 Å². The number of hydrogen-bond acceptors (Lipinski definition) is 6. The van der Waals surface area contributed by atoms with Gasteiger partial charge in [0.1, 0.15) is 5.52 Å². The van der Waals surface area contributed by atoms with Crippen LogP contribution in [0.15, 0.2) is 36.8 Å². The van der Waals surface area contributed by atoms with Gasteiger partial charge in [0.15, 0.2) is 17.8 Å². The van der Waals surface area contributed by atoms with E-state index in [0.717, 1.165) is 61.3 Å². The average Bonchev–Trinajstić information content (AvgIpc) is 3.68. The smallest absolute Gasteiger partial charge is 0.173 e. The van der Waals surface area contributed by atoms with Crippen LogP contribution in [0.3, 0.4) is 0 Å². The Morgan fingerprint density at radius 2 is 1.81 bits per heavy atom.